The number of aromatic nitrogens is 1. The number of nitrogens with one attached hydrogen (secondary N) is 2. The van der Waals surface area contributed by atoms with Gasteiger partial charge in [-0.1, -0.05) is 26.0 Å². The second kappa shape index (κ2) is 8.81. The van der Waals surface area contributed by atoms with Gasteiger partial charge < -0.3 is 25.2 Å². The topological polar surface area (TPSA) is 86.6 Å². The van der Waals surface area contributed by atoms with Crippen molar-refractivity contribution in [3.8, 4) is 5.75 Å². The first-order valence-electron chi connectivity index (χ1n) is 10.7. The number of hydrogen-bond donors (Lipinski definition) is 3. The van der Waals surface area contributed by atoms with Crippen LogP contribution in [0.2, 0.25) is 0 Å². The highest BCUT2D eigenvalue weighted by atomic mass is 16.3. The number of piperazine rings is 1. The number of amides is 1. The zero-order valence-electron chi connectivity index (χ0n) is 17.9. The summed E-state index contributed by atoms with van der Waals surface area (Å²) >= 11 is 0. The highest BCUT2D eigenvalue weighted by Gasteiger charge is 2.22. The Bertz CT molecular complexity index is 1150. The Labute approximate surface area is 181 Å². The van der Waals surface area contributed by atoms with Gasteiger partial charge in [-0.25, -0.2) is 0 Å². The van der Waals surface area contributed by atoms with Crippen LogP contribution in [0.5, 0.6) is 5.75 Å². The van der Waals surface area contributed by atoms with E-state index in [0.717, 1.165) is 31.9 Å². The van der Waals surface area contributed by atoms with Crippen LogP contribution in [0.25, 0.3) is 10.9 Å². The highest BCUT2D eigenvalue weighted by Crippen LogP contribution is 2.27. The molecule has 7 heteroatoms. The molecule has 3 aromatic rings. The minimum absolute atomic E-state index is 0.207. The van der Waals surface area contributed by atoms with Gasteiger partial charge in [0, 0.05) is 49.5 Å². The standard InChI is InChI=1S/C24H28N4O3/c1-16(2)15-28-20-6-4-3-5-19(20)22(29)21(24(28)31)23(30)26-17-7-9-18(10-8-17)27-13-11-25-12-14-27/h3-10,16,25,29H,11-15H2,1-2H3,(H,26,30). The molecular weight excluding hydrogens is 392 g/mol. The van der Waals surface area contributed by atoms with Crippen LogP contribution in [-0.2, 0) is 6.54 Å². The summed E-state index contributed by atoms with van der Waals surface area (Å²) in [7, 11) is 0. The second-order valence-electron chi connectivity index (χ2n) is 8.29. The third-order valence-electron chi connectivity index (χ3n) is 5.53. The van der Waals surface area contributed by atoms with Gasteiger partial charge in [-0.3, -0.25) is 9.59 Å². The number of fused-ring (bicyclic) bond motifs is 1. The molecule has 1 aromatic heterocycles. The summed E-state index contributed by atoms with van der Waals surface area (Å²) in [6.45, 7) is 8.24. The molecule has 0 spiro atoms. The highest BCUT2D eigenvalue weighted by molar-refractivity contribution is 6.09. The molecule has 162 valence electrons. The molecule has 0 unspecified atom stereocenters. The number of nitrogens with zero attached hydrogens (tertiary/aromatic N) is 2. The van der Waals surface area contributed by atoms with Crippen LogP contribution in [0.1, 0.15) is 24.2 Å². The van der Waals surface area contributed by atoms with E-state index in [0.29, 0.717) is 23.1 Å². The van der Waals surface area contributed by atoms with Crippen molar-refractivity contribution in [1.29, 1.82) is 0 Å². The van der Waals surface area contributed by atoms with Crippen molar-refractivity contribution in [2.45, 2.75) is 20.4 Å². The summed E-state index contributed by atoms with van der Waals surface area (Å²) < 4.78 is 1.57. The first kappa shape index (κ1) is 20.9. The molecular formula is C24H28N4O3. The van der Waals surface area contributed by atoms with Crippen LogP contribution in [0.4, 0.5) is 11.4 Å². The first-order valence-corrected chi connectivity index (χ1v) is 10.7. The van der Waals surface area contributed by atoms with E-state index >= 15 is 0 Å². The number of rotatable bonds is 5. The van der Waals surface area contributed by atoms with Crippen LogP contribution < -0.4 is 21.1 Å². The van der Waals surface area contributed by atoms with Crippen LogP contribution in [-0.4, -0.2) is 41.8 Å². The summed E-state index contributed by atoms with van der Waals surface area (Å²) in [6.07, 6.45) is 0. The van der Waals surface area contributed by atoms with Crippen LogP contribution in [0.3, 0.4) is 0 Å². The predicted octanol–water partition coefficient (Wildman–Crippen LogP) is 3.03. The van der Waals surface area contributed by atoms with Crippen molar-refractivity contribution in [2.75, 3.05) is 36.4 Å². The lowest BCUT2D eigenvalue weighted by molar-refractivity contribution is 0.102. The lowest BCUT2D eigenvalue weighted by atomic mass is 10.1. The molecule has 7 nitrogen and oxygen atoms in total. The summed E-state index contributed by atoms with van der Waals surface area (Å²) in [5.41, 5.74) is 1.57. The van der Waals surface area contributed by atoms with Crippen molar-refractivity contribution in [1.82, 2.24) is 9.88 Å². The van der Waals surface area contributed by atoms with Crippen molar-refractivity contribution in [2.24, 2.45) is 5.92 Å². The fourth-order valence-electron chi connectivity index (χ4n) is 4.01. The number of carbonyl (C=O) groups is 1. The number of aromatic hydroxyl groups is 1. The van der Waals surface area contributed by atoms with E-state index in [-0.39, 0.29) is 17.2 Å². The van der Waals surface area contributed by atoms with Gasteiger partial charge in [-0.2, -0.15) is 0 Å². The van der Waals surface area contributed by atoms with Gasteiger partial charge in [0.1, 0.15) is 11.3 Å². The van der Waals surface area contributed by atoms with Crippen molar-refractivity contribution >= 4 is 28.2 Å². The molecule has 0 bridgehead atoms. The van der Waals surface area contributed by atoms with Gasteiger partial charge in [0.05, 0.1) is 5.52 Å². The summed E-state index contributed by atoms with van der Waals surface area (Å²) in [6, 6.07) is 14.7. The number of pyridine rings is 1. The molecule has 1 amide bonds. The molecule has 3 N–H and O–H groups in total. The number of carbonyl (C=O) groups excluding carboxylic acids is 1. The Hall–Kier alpha value is -3.32. The smallest absolute Gasteiger partial charge is 0.267 e. The molecule has 0 aliphatic carbocycles. The third-order valence-corrected chi connectivity index (χ3v) is 5.53. The van der Waals surface area contributed by atoms with Crippen LogP contribution in [0.15, 0.2) is 53.3 Å². The Balaban J connectivity index is 1.65. The van der Waals surface area contributed by atoms with Gasteiger partial charge in [-0.05, 0) is 42.3 Å². The van der Waals surface area contributed by atoms with E-state index in [1.54, 1.807) is 22.8 Å². The maximum absolute atomic E-state index is 13.2. The number of benzene rings is 2. The fraction of sp³-hybridized carbons (Fsp3) is 0.333. The van der Waals surface area contributed by atoms with E-state index < -0.39 is 11.5 Å². The quantitative estimate of drug-likeness (QED) is 0.591. The number of para-hydroxylation sites is 1. The van der Waals surface area contributed by atoms with E-state index in [2.05, 4.69) is 15.5 Å². The molecule has 1 aliphatic rings. The van der Waals surface area contributed by atoms with E-state index in [4.69, 9.17) is 0 Å². The zero-order chi connectivity index (χ0) is 22.0. The van der Waals surface area contributed by atoms with Crippen molar-refractivity contribution < 1.29 is 9.90 Å². The lowest BCUT2D eigenvalue weighted by Gasteiger charge is -2.29. The average Bonchev–Trinajstić information content (AvgIpc) is 2.78. The molecule has 0 radical (unpaired) electrons. The molecule has 4 rings (SSSR count). The van der Waals surface area contributed by atoms with Gasteiger partial charge >= 0.3 is 0 Å². The number of hydrogen-bond acceptors (Lipinski definition) is 5. The van der Waals surface area contributed by atoms with Gasteiger partial charge in [0.25, 0.3) is 11.5 Å². The third kappa shape index (κ3) is 4.27. The SMILES string of the molecule is CC(C)Cn1c(=O)c(C(=O)Nc2ccc(N3CCNCC3)cc2)c(O)c2ccccc21. The first-order chi connectivity index (χ1) is 15.0. The van der Waals surface area contributed by atoms with Gasteiger partial charge in [0.15, 0.2) is 0 Å². The fourth-order valence-corrected chi connectivity index (χ4v) is 4.01. The normalized spacial score (nSPS) is 14.2. The second-order valence-corrected chi connectivity index (χ2v) is 8.29. The Morgan fingerprint density at radius 3 is 2.45 bits per heavy atom. The molecule has 0 saturated carbocycles. The Morgan fingerprint density at radius 2 is 1.77 bits per heavy atom. The summed E-state index contributed by atoms with van der Waals surface area (Å²) in [5, 5.41) is 17.4. The van der Waals surface area contributed by atoms with E-state index in [1.165, 1.54) is 0 Å². The molecule has 0 atom stereocenters. The van der Waals surface area contributed by atoms with E-state index in [1.807, 2.05) is 44.2 Å². The van der Waals surface area contributed by atoms with Crippen LogP contribution >= 0.6 is 0 Å². The Kier molecular flexibility index (Phi) is 5.95. The van der Waals surface area contributed by atoms with Crippen molar-refractivity contribution in [3.05, 3.63) is 64.4 Å². The summed E-state index contributed by atoms with van der Waals surface area (Å²) in [5.74, 6) is -0.685. The molecule has 1 aliphatic heterocycles. The Morgan fingerprint density at radius 1 is 1.10 bits per heavy atom. The van der Waals surface area contributed by atoms with Gasteiger partial charge in [0.2, 0.25) is 0 Å². The molecule has 2 aromatic carbocycles. The minimum atomic E-state index is -0.610. The monoisotopic (exact) mass is 420 g/mol. The minimum Gasteiger partial charge on any atom is -0.506 e. The molecule has 1 saturated heterocycles. The van der Waals surface area contributed by atoms with Crippen molar-refractivity contribution in [3.63, 3.8) is 0 Å². The zero-order valence-corrected chi connectivity index (χ0v) is 17.9. The maximum atomic E-state index is 13.2. The molecule has 1 fully saturated rings. The molecule has 2 heterocycles. The maximum Gasteiger partial charge on any atom is 0.267 e. The average molecular weight is 421 g/mol. The lowest BCUT2D eigenvalue weighted by Crippen LogP contribution is -2.43. The molecule has 31 heavy (non-hydrogen) atoms. The number of anilines is 2. The van der Waals surface area contributed by atoms with Crippen LogP contribution in [0, 0.1) is 5.92 Å². The van der Waals surface area contributed by atoms with Gasteiger partial charge in [-0.15, -0.1) is 0 Å². The van der Waals surface area contributed by atoms with E-state index in [9.17, 15) is 14.7 Å². The largest absolute Gasteiger partial charge is 0.506 e. The predicted molar refractivity (Wildman–Crippen MR) is 124 cm³/mol. The summed E-state index contributed by atoms with van der Waals surface area (Å²) in [4.78, 5) is 28.5.